The van der Waals surface area contributed by atoms with E-state index in [0.29, 0.717) is 15.9 Å². The summed E-state index contributed by atoms with van der Waals surface area (Å²) in [5.41, 5.74) is 0.621. The highest BCUT2D eigenvalue weighted by Gasteiger charge is 2.24. The van der Waals surface area contributed by atoms with Gasteiger partial charge in [0.2, 0.25) is 5.16 Å². The van der Waals surface area contributed by atoms with Gasteiger partial charge in [0, 0.05) is 11.5 Å². The van der Waals surface area contributed by atoms with E-state index in [2.05, 4.69) is 10.2 Å². The second kappa shape index (κ2) is 5.36. The maximum atomic E-state index is 11.1. The fraction of sp³-hybridized carbons (Fsp3) is 0.385. The Morgan fingerprint density at radius 2 is 2.00 bits per heavy atom. The quantitative estimate of drug-likeness (QED) is 0.531. The first kappa shape index (κ1) is 15.3. The third-order valence-electron chi connectivity index (χ3n) is 2.85. The van der Waals surface area contributed by atoms with Crippen molar-refractivity contribution in [2.24, 2.45) is 0 Å². The molecule has 0 radical (unpaired) electrons. The molecule has 2 rings (SSSR count). The Bertz CT molecular complexity index is 690. The Labute approximate surface area is 126 Å². The monoisotopic (exact) mass is 307 g/mol. The lowest BCUT2D eigenvalue weighted by Crippen LogP contribution is -2.24. The lowest BCUT2D eigenvalue weighted by molar-refractivity contribution is -0.387. The highest BCUT2D eigenvalue weighted by molar-refractivity contribution is 7.99. The van der Waals surface area contributed by atoms with Gasteiger partial charge in [-0.1, -0.05) is 26.8 Å². The van der Waals surface area contributed by atoms with Gasteiger partial charge in [-0.3, -0.25) is 10.1 Å². The van der Waals surface area contributed by atoms with E-state index in [-0.39, 0.29) is 11.1 Å². The number of nitrogens with zero attached hydrogens (tertiary/aromatic N) is 4. The summed E-state index contributed by atoms with van der Waals surface area (Å²) in [6, 6.07) is 5.05. The molecule has 0 atom stereocenters. The number of benzene rings is 1. The minimum absolute atomic E-state index is 0.0420. The molecule has 0 amide bonds. The zero-order valence-electron chi connectivity index (χ0n) is 12.3. The number of rotatable bonds is 3. The van der Waals surface area contributed by atoms with E-state index < -0.39 is 4.92 Å². The SMILES string of the molecule is Cc1ccc(Sc2nnc(C(C)(C)C)n2N)c([N+](=O)[O-])c1. The molecule has 0 aliphatic heterocycles. The van der Waals surface area contributed by atoms with Gasteiger partial charge in [0.1, 0.15) is 0 Å². The summed E-state index contributed by atoms with van der Waals surface area (Å²) in [6.45, 7) is 7.74. The van der Waals surface area contributed by atoms with Crippen molar-refractivity contribution < 1.29 is 4.92 Å². The van der Waals surface area contributed by atoms with Crippen molar-refractivity contribution >= 4 is 17.4 Å². The van der Waals surface area contributed by atoms with Crippen molar-refractivity contribution in [2.45, 2.75) is 43.2 Å². The smallest absolute Gasteiger partial charge is 0.283 e. The Hall–Kier alpha value is -2.09. The van der Waals surface area contributed by atoms with Crippen LogP contribution in [0.3, 0.4) is 0 Å². The fourth-order valence-electron chi connectivity index (χ4n) is 1.81. The summed E-state index contributed by atoms with van der Waals surface area (Å²) in [7, 11) is 0. The van der Waals surface area contributed by atoms with E-state index in [9.17, 15) is 10.1 Å². The third-order valence-corrected chi connectivity index (χ3v) is 3.87. The van der Waals surface area contributed by atoms with Gasteiger partial charge in [0.15, 0.2) is 5.82 Å². The van der Waals surface area contributed by atoms with Gasteiger partial charge in [-0.05, 0) is 30.3 Å². The number of hydrogen-bond donors (Lipinski definition) is 1. The van der Waals surface area contributed by atoms with Gasteiger partial charge in [0.25, 0.3) is 5.69 Å². The number of nitro groups is 1. The van der Waals surface area contributed by atoms with E-state index in [1.54, 1.807) is 6.07 Å². The number of hydrogen-bond acceptors (Lipinski definition) is 6. The van der Waals surface area contributed by atoms with Gasteiger partial charge < -0.3 is 5.84 Å². The predicted molar refractivity (Wildman–Crippen MR) is 80.8 cm³/mol. The van der Waals surface area contributed by atoms with Crippen LogP contribution in [-0.2, 0) is 5.41 Å². The molecule has 7 nitrogen and oxygen atoms in total. The number of nitro benzene ring substituents is 1. The van der Waals surface area contributed by atoms with Crippen molar-refractivity contribution in [3.05, 3.63) is 39.7 Å². The van der Waals surface area contributed by atoms with Crippen LogP contribution in [0.5, 0.6) is 0 Å². The molecule has 2 N–H and O–H groups in total. The number of nitrogen functional groups attached to an aromatic ring is 1. The zero-order valence-corrected chi connectivity index (χ0v) is 13.1. The Morgan fingerprint density at radius 1 is 1.33 bits per heavy atom. The molecule has 0 fully saturated rings. The van der Waals surface area contributed by atoms with Gasteiger partial charge >= 0.3 is 0 Å². The summed E-state index contributed by atoms with van der Waals surface area (Å²) in [5, 5.41) is 19.7. The molecule has 21 heavy (non-hydrogen) atoms. The first-order chi connectivity index (χ1) is 9.70. The van der Waals surface area contributed by atoms with Crippen LogP contribution in [0.15, 0.2) is 28.3 Å². The molecule has 8 heteroatoms. The summed E-state index contributed by atoms with van der Waals surface area (Å²) in [4.78, 5) is 11.2. The van der Waals surface area contributed by atoms with Crippen molar-refractivity contribution in [3.63, 3.8) is 0 Å². The summed E-state index contributed by atoms with van der Waals surface area (Å²) in [6.07, 6.45) is 0. The molecule has 1 heterocycles. The third kappa shape index (κ3) is 3.15. The number of nitrogens with two attached hydrogens (primary N) is 1. The van der Waals surface area contributed by atoms with Crippen LogP contribution in [0.4, 0.5) is 5.69 Å². The molecule has 0 saturated heterocycles. The van der Waals surface area contributed by atoms with Crippen LogP contribution in [0.25, 0.3) is 0 Å². The summed E-state index contributed by atoms with van der Waals surface area (Å²) in [5.74, 6) is 6.62. The normalized spacial score (nSPS) is 11.6. The van der Waals surface area contributed by atoms with Gasteiger partial charge in [0.05, 0.1) is 9.82 Å². The second-order valence-electron chi connectivity index (χ2n) is 5.76. The topological polar surface area (TPSA) is 99.9 Å². The van der Waals surface area contributed by atoms with Gasteiger partial charge in [-0.15, -0.1) is 10.2 Å². The molecule has 2 aromatic rings. The fourth-order valence-corrected chi connectivity index (χ4v) is 2.65. The molecule has 0 bridgehead atoms. The molecule has 0 saturated carbocycles. The van der Waals surface area contributed by atoms with Crippen LogP contribution in [0.1, 0.15) is 32.2 Å². The predicted octanol–water partition coefficient (Wildman–Crippen LogP) is 2.66. The molecule has 0 aliphatic rings. The Kier molecular flexibility index (Phi) is 3.91. The van der Waals surface area contributed by atoms with Crippen molar-refractivity contribution in [2.75, 3.05) is 5.84 Å². The highest BCUT2D eigenvalue weighted by atomic mass is 32.2. The van der Waals surface area contributed by atoms with Crippen LogP contribution in [0, 0.1) is 17.0 Å². The average Bonchev–Trinajstić information content (AvgIpc) is 2.72. The molecular formula is C13H17N5O2S. The largest absolute Gasteiger partial charge is 0.336 e. The average molecular weight is 307 g/mol. The molecule has 1 aromatic carbocycles. The first-order valence-corrected chi connectivity index (χ1v) is 7.15. The summed E-state index contributed by atoms with van der Waals surface area (Å²) < 4.78 is 1.38. The van der Waals surface area contributed by atoms with E-state index in [0.717, 1.165) is 17.3 Å². The van der Waals surface area contributed by atoms with Crippen molar-refractivity contribution in [1.82, 2.24) is 14.9 Å². The molecular weight excluding hydrogens is 290 g/mol. The minimum Gasteiger partial charge on any atom is -0.336 e. The number of aromatic nitrogens is 3. The van der Waals surface area contributed by atoms with Crippen LogP contribution < -0.4 is 5.84 Å². The second-order valence-corrected chi connectivity index (χ2v) is 6.77. The lowest BCUT2D eigenvalue weighted by Gasteiger charge is -2.16. The Balaban J connectivity index is 2.40. The molecule has 0 unspecified atom stereocenters. The summed E-state index contributed by atoms with van der Waals surface area (Å²) >= 11 is 1.14. The maximum absolute atomic E-state index is 11.1. The molecule has 1 aromatic heterocycles. The molecule has 112 valence electrons. The number of aryl methyl sites for hydroxylation is 1. The highest BCUT2D eigenvalue weighted by Crippen LogP contribution is 2.35. The van der Waals surface area contributed by atoms with Gasteiger partial charge in [-0.25, -0.2) is 4.68 Å². The van der Waals surface area contributed by atoms with Crippen LogP contribution >= 0.6 is 11.8 Å². The standard InChI is InChI=1S/C13H17N5O2S/c1-8-5-6-10(9(7-8)18(19)20)21-12-16-15-11(17(12)14)13(2,3)4/h5-7H,14H2,1-4H3. The maximum Gasteiger partial charge on any atom is 0.283 e. The van der Waals surface area contributed by atoms with Crippen molar-refractivity contribution in [3.8, 4) is 0 Å². The van der Waals surface area contributed by atoms with E-state index in [1.807, 2.05) is 33.8 Å². The van der Waals surface area contributed by atoms with E-state index in [1.165, 1.54) is 10.7 Å². The Morgan fingerprint density at radius 3 is 2.52 bits per heavy atom. The van der Waals surface area contributed by atoms with E-state index >= 15 is 0 Å². The molecule has 0 spiro atoms. The van der Waals surface area contributed by atoms with Crippen LogP contribution in [-0.4, -0.2) is 19.8 Å². The van der Waals surface area contributed by atoms with Crippen LogP contribution in [0.2, 0.25) is 0 Å². The van der Waals surface area contributed by atoms with Crippen molar-refractivity contribution in [1.29, 1.82) is 0 Å². The lowest BCUT2D eigenvalue weighted by atomic mass is 9.96. The van der Waals surface area contributed by atoms with Gasteiger partial charge in [-0.2, -0.15) is 0 Å². The van der Waals surface area contributed by atoms with E-state index in [4.69, 9.17) is 5.84 Å². The zero-order chi connectivity index (χ0) is 15.8. The minimum atomic E-state index is -0.406. The molecule has 0 aliphatic carbocycles. The first-order valence-electron chi connectivity index (χ1n) is 6.34.